The molecule has 2 heteroatoms. The molecule has 0 aromatic heterocycles. The molecule has 0 bridgehead atoms. The number of hydrogen-bond donors (Lipinski definition) is 1. The van der Waals surface area contributed by atoms with Crippen LogP contribution in [0.4, 0.5) is 4.39 Å². The van der Waals surface area contributed by atoms with E-state index in [9.17, 15) is 4.39 Å². The fraction of sp³-hybridized carbons (Fsp3) is 0.625. The van der Waals surface area contributed by atoms with Crippen molar-refractivity contribution in [3.8, 4) is 0 Å². The summed E-state index contributed by atoms with van der Waals surface area (Å²) in [4.78, 5) is 0. The van der Waals surface area contributed by atoms with Gasteiger partial charge in [-0.25, -0.2) is 4.39 Å². The van der Waals surface area contributed by atoms with Crippen LogP contribution in [0.15, 0.2) is 24.3 Å². The van der Waals surface area contributed by atoms with Gasteiger partial charge in [0, 0.05) is 5.54 Å². The Hall–Kier alpha value is -0.890. The van der Waals surface area contributed by atoms with Crippen LogP contribution in [0, 0.1) is 17.7 Å². The average molecular weight is 249 g/mol. The average Bonchev–Trinajstić information content (AvgIpc) is 2.39. The van der Waals surface area contributed by atoms with Gasteiger partial charge in [0.2, 0.25) is 0 Å². The van der Waals surface area contributed by atoms with Crippen molar-refractivity contribution in [1.82, 2.24) is 0 Å². The standard InChI is InChI=1S/C16H24FN/c1-3-12-6-4-7-13(10-12)16(2,18)14-8-5-9-15(17)11-14/h5,8-9,11-13H,3-4,6-7,10,18H2,1-2H3. The highest BCUT2D eigenvalue weighted by molar-refractivity contribution is 5.25. The van der Waals surface area contributed by atoms with Gasteiger partial charge in [0.15, 0.2) is 0 Å². The summed E-state index contributed by atoms with van der Waals surface area (Å²) >= 11 is 0. The maximum Gasteiger partial charge on any atom is 0.123 e. The summed E-state index contributed by atoms with van der Waals surface area (Å²) < 4.78 is 13.4. The normalized spacial score (nSPS) is 27.8. The predicted octanol–water partition coefficient (Wildman–Crippen LogP) is 4.22. The minimum atomic E-state index is -0.407. The molecule has 1 saturated carbocycles. The lowest BCUT2D eigenvalue weighted by molar-refractivity contribution is 0.173. The third-order valence-corrected chi connectivity index (χ3v) is 4.65. The van der Waals surface area contributed by atoms with Gasteiger partial charge in [-0.1, -0.05) is 38.3 Å². The summed E-state index contributed by atoms with van der Waals surface area (Å²) in [6.45, 7) is 4.31. The molecule has 3 atom stereocenters. The van der Waals surface area contributed by atoms with E-state index < -0.39 is 5.54 Å². The zero-order valence-electron chi connectivity index (χ0n) is 11.5. The molecular weight excluding hydrogens is 225 g/mol. The molecule has 0 aliphatic heterocycles. The fourth-order valence-corrected chi connectivity index (χ4v) is 3.27. The zero-order chi connectivity index (χ0) is 13.2. The summed E-state index contributed by atoms with van der Waals surface area (Å²) in [6, 6.07) is 6.79. The third-order valence-electron chi connectivity index (χ3n) is 4.65. The van der Waals surface area contributed by atoms with E-state index in [2.05, 4.69) is 13.8 Å². The number of nitrogens with two attached hydrogens (primary N) is 1. The lowest BCUT2D eigenvalue weighted by atomic mass is 9.69. The summed E-state index contributed by atoms with van der Waals surface area (Å²) in [5.74, 6) is 1.07. The maximum absolute atomic E-state index is 13.4. The molecule has 0 radical (unpaired) electrons. The van der Waals surface area contributed by atoms with Crippen LogP contribution in [0.25, 0.3) is 0 Å². The Bertz CT molecular complexity index is 400. The second kappa shape index (κ2) is 5.40. The molecule has 1 fully saturated rings. The van der Waals surface area contributed by atoms with Gasteiger partial charge in [-0.2, -0.15) is 0 Å². The van der Waals surface area contributed by atoms with Crippen molar-refractivity contribution in [2.24, 2.45) is 17.6 Å². The molecule has 0 heterocycles. The van der Waals surface area contributed by atoms with E-state index in [0.717, 1.165) is 11.5 Å². The topological polar surface area (TPSA) is 26.0 Å². The van der Waals surface area contributed by atoms with E-state index in [1.165, 1.54) is 38.2 Å². The Kier molecular flexibility index (Phi) is 4.06. The minimum Gasteiger partial charge on any atom is -0.321 e. The van der Waals surface area contributed by atoms with Crippen LogP contribution >= 0.6 is 0 Å². The molecule has 1 aliphatic rings. The van der Waals surface area contributed by atoms with E-state index in [4.69, 9.17) is 5.73 Å². The van der Waals surface area contributed by atoms with Gasteiger partial charge in [-0.3, -0.25) is 0 Å². The molecule has 1 aromatic carbocycles. The highest BCUT2D eigenvalue weighted by Gasteiger charge is 2.35. The van der Waals surface area contributed by atoms with Crippen molar-refractivity contribution >= 4 is 0 Å². The van der Waals surface area contributed by atoms with E-state index in [-0.39, 0.29) is 5.82 Å². The molecular formula is C16H24FN. The highest BCUT2D eigenvalue weighted by atomic mass is 19.1. The number of benzene rings is 1. The molecule has 100 valence electrons. The van der Waals surface area contributed by atoms with E-state index in [1.54, 1.807) is 12.1 Å². The van der Waals surface area contributed by atoms with Crippen LogP contribution in [-0.2, 0) is 5.54 Å². The first kappa shape index (κ1) is 13.5. The largest absolute Gasteiger partial charge is 0.321 e. The second-order valence-electron chi connectivity index (χ2n) is 5.93. The van der Waals surface area contributed by atoms with Gasteiger partial charge in [0.1, 0.15) is 5.82 Å². The van der Waals surface area contributed by atoms with Crippen LogP contribution in [0.1, 0.15) is 51.5 Å². The Balaban J connectivity index is 2.19. The highest BCUT2D eigenvalue weighted by Crippen LogP contribution is 2.40. The lowest BCUT2D eigenvalue weighted by Gasteiger charge is -2.40. The van der Waals surface area contributed by atoms with Crippen molar-refractivity contribution in [3.63, 3.8) is 0 Å². The van der Waals surface area contributed by atoms with Crippen molar-refractivity contribution < 1.29 is 4.39 Å². The Morgan fingerprint density at radius 2 is 2.17 bits per heavy atom. The first-order chi connectivity index (χ1) is 8.54. The number of hydrogen-bond acceptors (Lipinski definition) is 1. The predicted molar refractivity (Wildman–Crippen MR) is 73.7 cm³/mol. The van der Waals surface area contributed by atoms with Crippen LogP contribution in [0.5, 0.6) is 0 Å². The Morgan fingerprint density at radius 3 is 2.83 bits per heavy atom. The van der Waals surface area contributed by atoms with Crippen molar-refractivity contribution in [1.29, 1.82) is 0 Å². The molecule has 1 aliphatic carbocycles. The smallest absolute Gasteiger partial charge is 0.123 e. The summed E-state index contributed by atoms with van der Waals surface area (Å²) in [6.07, 6.45) is 6.16. The first-order valence-corrected chi connectivity index (χ1v) is 7.09. The second-order valence-corrected chi connectivity index (χ2v) is 5.93. The Morgan fingerprint density at radius 1 is 1.39 bits per heavy atom. The molecule has 1 aromatic rings. The van der Waals surface area contributed by atoms with Crippen LogP contribution in [0.2, 0.25) is 0 Å². The zero-order valence-corrected chi connectivity index (χ0v) is 11.5. The molecule has 3 unspecified atom stereocenters. The molecule has 0 spiro atoms. The van der Waals surface area contributed by atoms with E-state index >= 15 is 0 Å². The van der Waals surface area contributed by atoms with Crippen LogP contribution < -0.4 is 5.73 Å². The SMILES string of the molecule is CCC1CCCC(C(C)(N)c2cccc(F)c2)C1. The fourth-order valence-electron chi connectivity index (χ4n) is 3.27. The summed E-state index contributed by atoms with van der Waals surface area (Å²) in [7, 11) is 0. The van der Waals surface area contributed by atoms with Gasteiger partial charge in [0.25, 0.3) is 0 Å². The van der Waals surface area contributed by atoms with Gasteiger partial charge < -0.3 is 5.73 Å². The molecule has 2 rings (SSSR count). The molecule has 1 nitrogen and oxygen atoms in total. The molecule has 2 N–H and O–H groups in total. The van der Waals surface area contributed by atoms with Crippen molar-refractivity contribution in [3.05, 3.63) is 35.6 Å². The van der Waals surface area contributed by atoms with E-state index in [1.807, 2.05) is 6.07 Å². The first-order valence-electron chi connectivity index (χ1n) is 7.09. The molecule has 0 saturated heterocycles. The van der Waals surface area contributed by atoms with Gasteiger partial charge in [-0.15, -0.1) is 0 Å². The number of halogens is 1. The lowest BCUT2D eigenvalue weighted by Crippen LogP contribution is -2.43. The minimum absolute atomic E-state index is 0.188. The van der Waals surface area contributed by atoms with Crippen LogP contribution in [0.3, 0.4) is 0 Å². The number of rotatable bonds is 3. The Labute approximate surface area is 110 Å². The van der Waals surface area contributed by atoms with Crippen molar-refractivity contribution in [2.75, 3.05) is 0 Å². The van der Waals surface area contributed by atoms with Gasteiger partial charge in [0.05, 0.1) is 0 Å². The maximum atomic E-state index is 13.4. The summed E-state index contributed by atoms with van der Waals surface area (Å²) in [5, 5.41) is 0. The summed E-state index contributed by atoms with van der Waals surface area (Å²) in [5.41, 5.74) is 7.06. The van der Waals surface area contributed by atoms with Gasteiger partial charge in [-0.05, 0) is 49.3 Å². The van der Waals surface area contributed by atoms with Crippen LogP contribution in [-0.4, -0.2) is 0 Å². The van der Waals surface area contributed by atoms with E-state index in [0.29, 0.717) is 5.92 Å². The van der Waals surface area contributed by atoms with Gasteiger partial charge >= 0.3 is 0 Å². The monoisotopic (exact) mass is 249 g/mol. The van der Waals surface area contributed by atoms with Crippen molar-refractivity contribution in [2.45, 2.75) is 51.5 Å². The molecule has 18 heavy (non-hydrogen) atoms. The molecule has 0 amide bonds. The third kappa shape index (κ3) is 2.74. The quantitative estimate of drug-likeness (QED) is 0.853.